The first-order valence-corrected chi connectivity index (χ1v) is 9.25. The van der Waals surface area contributed by atoms with Crippen LogP contribution in [-0.4, -0.2) is 9.96 Å². The van der Waals surface area contributed by atoms with Gasteiger partial charge in [0.1, 0.15) is 6.17 Å². The Morgan fingerprint density at radius 1 is 0.714 bits per heavy atom. The molecule has 2 N–H and O–H groups in total. The molecule has 0 saturated heterocycles. The molecule has 21 heavy (non-hydrogen) atoms. The average Bonchev–Trinajstić information content (AvgIpc) is 2.42. The average molecular weight is 567 g/mol. The summed E-state index contributed by atoms with van der Waals surface area (Å²) in [5.41, 5.74) is 1.76. The Morgan fingerprint density at radius 3 is 1.33 bits per heavy atom. The second-order valence-corrected chi connectivity index (χ2v) is 9.14. The Bertz CT molecular complexity index is 535. The van der Waals surface area contributed by atoms with E-state index in [-0.39, 0.29) is 0 Å². The Morgan fingerprint density at radius 2 is 1.05 bits per heavy atom. The highest BCUT2D eigenvalue weighted by atomic mass is 127. The second-order valence-electron chi connectivity index (χ2n) is 4.28. The van der Waals surface area contributed by atoms with Crippen molar-refractivity contribution in [1.29, 1.82) is 0 Å². The first-order valence-electron chi connectivity index (χ1n) is 5.95. The van der Waals surface area contributed by atoms with E-state index in [1.54, 1.807) is 0 Å². The van der Waals surface area contributed by atoms with Gasteiger partial charge in [-0.15, -0.1) is 0 Å². The van der Waals surface area contributed by atoms with E-state index in [4.69, 9.17) is 34.8 Å². The highest BCUT2D eigenvalue weighted by Gasteiger charge is 2.32. The molecule has 2 aromatic carbocycles. The Hall–Kier alpha value is 0.370. The fourth-order valence-corrected chi connectivity index (χ4v) is 2.67. The van der Waals surface area contributed by atoms with Crippen LogP contribution < -0.4 is 10.6 Å². The SMILES string of the molecule is ClC(Cl)(Cl)C(Nc1ccc(I)cc1)Nc1ccc(I)cc1. The van der Waals surface area contributed by atoms with Gasteiger partial charge in [-0.1, -0.05) is 34.8 Å². The van der Waals surface area contributed by atoms with Gasteiger partial charge in [0, 0.05) is 18.5 Å². The quantitative estimate of drug-likeness (QED) is 0.265. The first-order chi connectivity index (χ1) is 9.84. The Labute approximate surface area is 166 Å². The van der Waals surface area contributed by atoms with Crippen LogP contribution in [0.5, 0.6) is 0 Å². The molecule has 0 saturated carbocycles. The molecule has 0 atom stereocenters. The fraction of sp³-hybridized carbons (Fsp3) is 0.143. The van der Waals surface area contributed by atoms with E-state index in [1.165, 1.54) is 0 Å². The zero-order valence-corrected chi connectivity index (χ0v) is 17.2. The van der Waals surface area contributed by atoms with Gasteiger partial charge in [0.2, 0.25) is 3.79 Å². The molecule has 0 amide bonds. The van der Waals surface area contributed by atoms with Gasteiger partial charge in [-0.2, -0.15) is 0 Å². The molecule has 2 aromatic rings. The molecule has 0 aliphatic heterocycles. The van der Waals surface area contributed by atoms with Crippen LogP contribution in [0.2, 0.25) is 0 Å². The maximum Gasteiger partial charge on any atom is 0.228 e. The van der Waals surface area contributed by atoms with Crippen molar-refractivity contribution in [3.05, 3.63) is 55.7 Å². The number of hydrogen-bond acceptors (Lipinski definition) is 2. The third-order valence-corrected chi connectivity index (χ3v) is 4.73. The minimum Gasteiger partial charge on any atom is -0.362 e. The fourth-order valence-electron chi connectivity index (χ4n) is 1.63. The number of nitrogens with one attached hydrogen (secondary N) is 2. The maximum absolute atomic E-state index is 6.06. The number of anilines is 2. The lowest BCUT2D eigenvalue weighted by Crippen LogP contribution is -2.40. The molecule has 112 valence electrons. The van der Waals surface area contributed by atoms with Crippen molar-refractivity contribution in [2.75, 3.05) is 10.6 Å². The molecular formula is C14H11Cl3I2N2. The zero-order valence-electron chi connectivity index (χ0n) is 10.6. The summed E-state index contributed by atoms with van der Waals surface area (Å²) in [4.78, 5) is 0. The van der Waals surface area contributed by atoms with E-state index in [0.717, 1.165) is 18.5 Å². The van der Waals surface area contributed by atoms with Crippen LogP contribution in [0.1, 0.15) is 0 Å². The molecule has 0 unspecified atom stereocenters. The van der Waals surface area contributed by atoms with Gasteiger partial charge in [-0.05, 0) is 93.7 Å². The van der Waals surface area contributed by atoms with Crippen LogP contribution in [0, 0.1) is 7.14 Å². The smallest absolute Gasteiger partial charge is 0.228 e. The molecule has 0 heterocycles. The molecular weight excluding hydrogens is 556 g/mol. The van der Waals surface area contributed by atoms with E-state index in [2.05, 4.69) is 55.8 Å². The van der Waals surface area contributed by atoms with Gasteiger partial charge in [0.05, 0.1) is 0 Å². The van der Waals surface area contributed by atoms with E-state index >= 15 is 0 Å². The van der Waals surface area contributed by atoms with Crippen LogP contribution >= 0.6 is 80.0 Å². The third-order valence-electron chi connectivity index (χ3n) is 2.64. The van der Waals surface area contributed by atoms with Crippen molar-refractivity contribution in [3.63, 3.8) is 0 Å². The summed E-state index contributed by atoms with van der Waals surface area (Å²) in [6.45, 7) is 0. The number of rotatable bonds is 4. The number of halogens is 5. The molecule has 0 spiro atoms. The first kappa shape index (κ1) is 17.7. The van der Waals surface area contributed by atoms with Gasteiger partial charge in [-0.3, -0.25) is 0 Å². The van der Waals surface area contributed by atoms with Gasteiger partial charge < -0.3 is 10.6 Å². The molecule has 0 aliphatic rings. The topological polar surface area (TPSA) is 24.1 Å². The van der Waals surface area contributed by atoms with Crippen LogP contribution in [-0.2, 0) is 0 Å². The van der Waals surface area contributed by atoms with Crippen LogP contribution in [0.15, 0.2) is 48.5 Å². The summed E-state index contributed by atoms with van der Waals surface area (Å²) in [5, 5.41) is 6.39. The summed E-state index contributed by atoms with van der Waals surface area (Å²) >= 11 is 22.7. The van der Waals surface area contributed by atoms with Crippen molar-refractivity contribution in [2.45, 2.75) is 9.96 Å². The normalized spacial score (nSPS) is 11.5. The maximum atomic E-state index is 6.06. The summed E-state index contributed by atoms with van der Waals surface area (Å²) in [5.74, 6) is 0. The predicted octanol–water partition coefficient (Wildman–Crippen LogP) is 6.12. The minimum absolute atomic E-state index is 0.553. The molecule has 0 fully saturated rings. The van der Waals surface area contributed by atoms with Crippen molar-refractivity contribution >= 4 is 91.4 Å². The third kappa shape index (κ3) is 5.82. The summed E-state index contributed by atoms with van der Waals surface area (Å²) < 4.78 is 0.801. The van der Waals surface area contributed by atoms with Crippen molar-refractivity contribution < 1.29 is 0 Å². The number of hydrogen-bond donors (Lipinski definition) is 2. The van der Waals surface area contributed by atoms with Crippen LogP contribution in [0.25, 0.3) is 0 Å². The van der Waals surface area contributed by atoms with Gasteiger partial charge in [-0.25, -0.2) is 0 Å². The van der Waals surface area contributed by atoms with E-state index < -0.39 is 9.96 Å². The lowest BCUT2D eigenvalue weighted by molar-refractivity contribution is 0.838. The van der Waals surface area contributed by atoms with Crippen molar-refractivity contribution in [3.8, 4) is 0 Å². The lowest BCUT2D eigenvalue weighted by atomic mass is 10.3. The monoisotopic (exact) mass is 566 g/mol. The van der Waals surface area contributed by atoms with E-state index in [9.17, 15) is 0 Å². The highest BCUT2D eigenvalue weighted by Crippen LogP contribution is 2.33. The highest BCUT2D eigenvalue weighted by molar-refractivity contribution is 14.1. The predicted molar refractivity (Wildman–Crippen MR) is 110 cm³/mol. The standard InChI is InChI=1S/C14H11Cl3I2N2/c15-14(16,17)13(20-11-5-1-9(18)2-6-11)21-12-7-3-10(19)4-8-12/h1-8,13,20-21H. The van der Waals surface area contributed by atoms with Crippen molar-refractivity contribution in [2.24, 2.45) is 0 Å². The van der Waals surface area contributed by atoms with Crippen LogP contribution in [0.4, 0.5) is 11.4 Å². The number of alkyl halides is 3. The van der Waals surface area contributed by atoms with E-state index in [0.29, 0.717) is 0 Å². The molecule has 0 bridgehead atoms. The van der Waals surface area contributed by atoms with Crippen LogP contribution in [0.3, 0.4) is 0 Å². The summed E-state index contributed by atoms with van der Waals surface area (Å²) in [6, 6.07) is 15.7. The Kier molecular flexibility index (Phi) is 6.55. The summed E-state index contributed by atoms with van der Waals surface area (Å²) in [6.07, 6.45) is -0.553. The van der Waals surface area contributed by atoms with Gasteiger partial charge in [0.15, 0.2) is 0 Å². The molecule has 2 nitrogen and oxygen atoms in total. The molecule has 0 radical (unpaired) electrons. The number of benzene rings is 2. The molecule has 0 aliphatic carbocycles. The van der Waals surface area contributed by atoms with E-state index in [1.807, 2.05) is 48.5 Å². The van der Waals surface area contributed by atoms with Gasteiger partial charge >= 0.3 is 0 Å². The van der Waals surface area contributed by atoms with Crippen molar-refractivity contribution in [1.82, 2.24) is 0 Å². The summed E-state index contributed by atoms with van der Waals surface area (Å²) in [7, 11) is 0. The minimum atomic E-state index is -1.49. The van der Waals surface area contributed by atoms with Gasteiger partial charge in [0.25, 0.3) is 0 Å². The molecule has 7 heteroatoms. The Balaban J connectivity index is 2.15. The molecule has 0 aromatic heterocycles. The second kappa shape index (κ2) is 7.77. The zero-order chi connectivity index (χ0) is 15.5. The largest absolute Gasteiger partial charge is 0.362 e. The lowest BCUT2D eigenvalue weighted by Gasteiger charge is -2.28. The molecule has 2 rings (SSSR count).